The van der Waals surface area contributed by atoms with Crippen molar-refractivity contribution in [1.29, 1.82) is 0 Å². The summed E-state index contributed by atoms with van der Waals surface area (Å²) in [4.78, 5) is 0. The molecule has 0 saturated carbocycles. The molecule has 120 valence electrons. The number of hydrogen-bond donors (Lipinski definition) is 2. The Morgan fingerprint density at radius 2 is 0.727 bits per heavy atom. The number of halogens is 6. The topological polar surface area (TPSA) is 52.0 Å². The van der Waals surface area contributed by atoms with Crippen molar-refractivity contribution in [2.75, 3.05) is 11.5 Å². The third-order valence-corrected chi connectivity index (χ3v) is 2.48. The van der Waals surface area contributed by atoms with Gasteiger partial charge in [0.1, 0.15) is 0 Å². The summed E-state index contributed by atoms with van der Waals surface area (Å²) in [5.74, 6) is 0. The lowest BCUT2D eigenvalue weighted by molar-refractivity contribution is -0.138. The van der Waals surface area contributed by atoms with Crippen molar-refractivity contribution >= 4 is 11.4 Å². The maximum atomic E-state index is 11.9. The summed E-state index contributed by atoms with van der Waals surface area (Å²) in [6.07, 6.45) is -8.54. The number of anilines is 2. The van der Waals surface area contributed by atoms with Gasteiger partial charge in [-0.15, -0.1) is 0 Å². The van der Waals surface area contributed by atoms with Gasteiger partial charge in [0.25, 0.3) is 0 Å². The minimum Gasteiger partial charge on any atom is -0.399 e. The van der Waals surface area contributed by atoms with Crippen molar-refractivity contribution < 1.29 is 26.3 Å². The van der Waals surface area contributed by atoms with Crippen molar-refractivity contribution in [3.05, 3.63) is 59.7 Å². The number of nitrogen functional groups attached to an aromatic ring is 2. The predicted octanol–water partition coefficient (Wildman–Crippen LogP) is 4.58. The lowest BCUT2D eigenvalue weighted by Gasteiger charge is -2.05. The van der Waals surface area contributed by atoms with Crippen molar-refractivity contribution in [2.45, 2.75) is 12.4 Å². The smallest absolute Gasteiger partial charge is 0.399 e. The molecule has 0 amide bonds. The minimum absolute atomic E-state index is 0.331. The van der Waals surface area contributed by atoms with E-state index in [2.05, 4.69) is 0 Å². The van der Waals surface area contributed by atoms with Gasteiger partial charge in [0.2, 0.25) is 0 Å². The van der Waals surface area contributed by atoms with E-state index in [1.54, 1.807) is 0 Å². The maximum absolute atomic E-state index is 11.9. The van der Waals surface area contributed by atoms with Crippen LogP contribution in [0.15, 0.2) is 48.5 Å². The van der Waals surface area contributed by atoms with Crippen LogP contribution in [0.5, 0.6) is 0 Å². The molecule has 0 radical (unpaired) electrons. The van der Waals surface area contributed by atoms with Crippen LogP contribution in [0.1, 0.15) is 11.1 Å². The quantitative estimate of drug-likeness (QED) is 0.551. The highest BCUT2D eigenvalue weighted by Crippen LogP contribution is 2.30. The molecule has 2 rings (SSSR count). The van der Waals surface area contributed by atoms with Crippen LogP contribution in [-0.2, 0) is 12.4 Å². The minimum atomic E-state index is -4.27. The lowest BCUT2D eigenvalue weighted by atomic mass is 10.2. The normalized spacial score (nSPS) is 11.5. The van der Waals surface area contributed by atoms with Crippen LogP contribution >= 0.6 is 0 Å². The second kappa shape index (κ2) is 6.59. The molecule has 0 aliphatic rings. The van der Waals surface area contributed by atoms with E-state index in [1.807, 2.05) is 0 Å². The van der Waals surface area contributed by atoms with Crippen LogP contribution < -0.4 is 11.5 Å². The van der Waals surface area contributed by atoms with Gasteiger partial charge in [-0.2, -0.15) is 26.3 Å². The summed E-state index contributed by atoms with van der Waals surface area (Å²) in [7, 11) is 0. The Balaban J connectivity index is 0.000000220. The van der Waals surface area contributed by atoms with E-state index < -0.39 is 23.5 Å². The summed E-state index contributed by atoms with van der Waals surface area (Å²) >= 11 is 0. The van der Waals surface area contributed by atoms with Crippen LogP contribution in [-0.4, -0.2) is 0 Å². The molecule has 2 aromatic rings. The second-order valence-electron chi connectivity index (χ2n) is 4.24. The Hall–Kier alpha value is -2.38. The van der Waals surface area contributed by atoms with E-state index in [9.17, 15) is 26.3 Å². The third-order valence-electron chi connectivity index (χ3n) is 2.48. The average molecular weight is 322 g/mol. The monoisotopic (exact) mass is 322 g/mol. The summed E-state index contributed by atoms with van der Waals surface area (Å²) in [5.41, 5.74) is 9.72. The highest BCUT2D eigenvalue weighted by Gasteiger charge is 2.30. The number of nitrogens with two attached hydrogens (primary N) is 2. The molecule has 0 aliphatic heterocycles. The summed E-state index contributed by atoms with van der Waals surface area (Å²) in [6, 6.07) is 8.71. The first-order valence-electron chi connectivity index (χ1n) is 5.85. The number of rotatable bonds is 0. The zero-order valence-electron chi connectivity index (χ0n) is 11.0. The van der Waals surface area contributed by atoms with Gasteiger partial charge in [0.05, 0.1) is 11.1 Å². The number of benzene rings is 2. The van der Waals surface area contributed by atoms with Gasteiger partial charge < -0.3 is 11.5 Å². The first kappa shape index (κ1) is 17.7. The zero-order chi connectivity index (χ0) is 17.0. The summed E-state index contributed by atoms with van der Waals surface area (Å²) in [5, 5.41) is 0. The second-order valence-corrected chi connectivity index (χ2v) is 4.24. The molecule has 22 heavy (non-hydrogen) atoms. The summed E-state index contributed by atoms with van der Waals surface area (Å²) in [6.45, 7) is 0. The Morgan fingerprint density at radius 1 is 0.500 bits per heavy atom. The molecule has 2 nitrogen and oxygen atoms in total. The van der Waals surface area contributed by atoms with Gasteiger partial charge >= 0.3 is 12.4 Å². The fourth-order valence-electron chi connectivity index (χ4n) is 1.34. The van der Waals surface area contributed by atoms with Crippen LogP contribution in [0.25, 0.3) is 0 Å². The predicted molar refractivity (Wildman–Crippen MR) is 71.7 cm³/mol. The molecule has 0 aromatic heterocycles. The highest BCUT2D eigenvalue weighted by molar-refractivity contribution is 5.40. The largest absolute Gasteiger partial charge is 0.416 e. The van der Waals surface area contributed by atoms with Gasteiger partial charge in [0, 0.05) is 11.4 Å². The number of alkyl halides is 6. The molecule has 4 N–H and O–H groups in total. The van der Waals surface area contributed by atoms with E-state index in [0.717, 1.165) is 24.3 Å². The molecule has 0 bridgehead atoms. The molecule has 0 saturated heterocycles. The molecule has 0 unspecified atom stereocenters. The molecule has 8 heteroatoms. The summed E-state index contributed by atoms with van der Waals surface area (Å²) < 4.78 is 71.3. The molecular formula is C14H12F6N2. The van der Waals surface area contributed by atoms with Crippen LogP contribution in [0.3, 0.4) is 0 Å². The molecule has 0 atom stereocenters. The Bertz CT molecular complexity index is 529. The molecular weight excluding hydrogens is 310 g/mol. The Labute approximate surface area is 122 Å². The molecule has 0 spiro atoms. The van der Waals surface area contributed by atoms with Crippen molar-refractivity contribution in [3.8, 4) is 0 Å². The van der Waals surface area contributed by atoms with E-state index >= 15 is 0 Å². The van der Waals surface area contributed by atoms with Gasteiger partial charge in [-0.05, 0) is 48.5 Å². The van der Waals surface area contributed by atoms with Crippen molar-refractivity contribution in [1.82, 2.24) is 0 Å². The average Bonchev–Trinajstić information content (AvgIpc) is 2.38. The Kier molecular flexibility index (Phi) is 5.29. The third kappa shape index (κ3) is 5.55. The first-order chi connectivity index (χ1) is 10.00. The van der Waals surface area contributed by atoms with Gasteiger partial charge in [0.15, 0.2) is 0 Å². The fraction of sp³-hybridized carbons (Fsp3) is 0.143. The number of hydrogen-bond acceptors (Lipinski definition) is 2. The van der Waals surface area contributed by atoms with E-state index in [-0.39, 0.29) is 0 Å². The van der Waals surface area contributed by atoms with Gasteiger partial charge in [-0.25, -0.2) is 0 Å². The van der Waals surface area contributed by atoms with Gasteiger partial charge in [-0.1, -0.05) is 0 Å². The fourth-order valence-corrected chi connectivity index (χ4v) is 1.34. The molecule has 0 aliphatic carbocycles. The zero-order valence-corrected chi connectivity index (χ0v) is 11.0. The van der Waals surface area contributed by atoms with E-state index in [1.165, 1.54) is 24.3 Å². The highest BCUT2D eigenvalue weighted by atomic mass is 19.4. The molecule has 0 heterocycles. The first-order valence-corrected chi connectivity index (χ1v) is 5.85. The molecule has 2 aromatic carbocycles. The Morgan fingerprint density at radius 3 is 0.909 bits per heavy atom. The van der Waals surface area contributed by atoms with E-state index in [0.29, 0.717) is 11.4 Å². The van der Waals surface area contributed by atoms with Crippen LogP contribution in [0.4, 0.5) is 37.7 Å². The lowest BCUT2D eigenvalue weighted by Crippen LogP contribution is -2.04. The van der Waals surface area contributed by atoms with Crippen molar-refractivity contribution in [2.24, 2.45) is 0 Å². The van der Waals surface area contributed by atoms with Crippen molar-refractivity contribution in [3.63, 3.8) is 0 Å². The maximum Gasteiger partial charge on any atom is 0.416 e. The SMILES string of the molecule is Nc1ccc(C(F)(F)F)cc1.Nc1ccc(C(F)(F)F)cc1. The van der Waals surface area contributed by atoms with Gasteiger partial charge in [-0.3, -0.25) is 0 Å². The molecule has 0 fully saturated rings. The van der Waals surface area contributed by atoms with Crippen LogP contribution in [0.2, 0.25) is 0 Å². The van der Waals surface area contributed by atoms with Crippen LogP contribution in [0, 0.1) is 0 Å². The van der Waals surface area contributed by atoms with E-state index in [4.69, 9.17) is 11.5 Å². The standard InChI is InChI=1S/2C7H6F3N/c2*8-7(9,10)5-1-3-6(11)4-2-5/h2*1-4H,11H2.